The second kappa shape index (κ2) is 7.29. The van der Waals surface area contributed by atoms with Crippen molar-refractivity contribution in [2.75, 3.05) is 13.1 Å². The number of nitrogens with one attached hydrogen (secondary N) is 2. The molecule has 4 nitrogen and oxygen atoms in total. The first-order chi connectivity index (χ1) is 8.90. The van der Waals surface area contributed by atoms with Crippen molar-refractivity contribution in [1.82, 2.24) is 10.0 Å². The van der Waals surface area contributed by atoms with Crippen LogP contribution in [0.3, 0.4) is 0 Å². The molecule has 0 unspecified atom stereocenters. The molecule has 0 amide bonds. The van der Waals surface area contributed by atoms with Crippen LogP contribution in [0, 0.1) is 6.92 Å². The number of halogens is 3. The molecule has 1 aliphatic heterocycles. The number of hydrogen-bond donors (Lipinski definition) is 2. The SMILES string of the molecule is Cc1c(Cl)cc(S(=O)(=O)NC2CCNCC2)cc1Cl.Cl. The third-order valence-electron chi connectivity index (χ3n) is 3.23. The Morgan fingerprint density at radius 3 is 2.20 bits per heavy atom. The summed E-state index contributed by atoms with van der Waals surface area (Å²) in [5.41, 5.74) is 0.684. The van der Waals surface area contributed by atoms with E-state index in [9.17, 15) is 8.42 Å². The normalized spacial score (nSPS) is 16.8. The highest BCUT2D eigenvalue weighted by atomic mass is 35.5. The molecule has 0 radical (unpaired) electrons. The Kier molecular flexibility index (Phi) is 6.57. The molecule has 1 fully saturated rings. The smallest absolute Gasteiger partial charge is 0.240 e. The van der Waals surface area contributed by atoms with E-state index in [2.05, 4.69) is 10.0 Å². The zero-order valence-corrected chi connectivity index (χ0v) is 14.1. The maximum atomic E-state index is 12.3. The van der Waals surface area contributed by atoms with E-state index in [-0.39, 0.29) is 23.3 Å². The third kappa shape index (κ3) is 4.23. The van der Waals surface area contributed by atoms with Crippen molar-refractivity contribution in [3.8, 4) is 0 Å². The van der Waals surface area contributed by atoms with Crippen molar-refractivity contribution in [3.63, 3.8) is 0 Å². The first-order valence-electron chi connectivity index (χ1n) is 6.09. The minimum atomic E-state index is -3.57. The van der Waals surface area contributed by atoms with Gasteiger partial charge in [0.1, 0.15) is 0 Å². The molecule has 20 heavy (non-hydrogen) atoms. The summed E-state index contributed by atoms with van der Waals surface area (Å²) in [6.07, 6.45) is 1.57. The van der Waals surface area contributed by atoms with Gasteiger partial charge < -0.3 is 5.32 Å². The lowest BCUT2D eigenvalue weighted by molar-refractivity contribution is 0.427. The van der Waals surface area contributed by atoms with Crippen LogP contribution in [0.5, 0.6) is 0 Å². The molecule has 0 aromatic heterocycles. The van der Waals surface area contributed by atoms with E-state index < -0.39 is 10.0 Å². The van der Waals surface area contributed by atoms with Gasteiger partial charge in [0.05, 0.1) is 4.90 Å². The van der Waals surface area contributed by atoms with Crippen molar-refractivity contribution in [3.05, 3.63) is 27.7 Å². The molecule has 2 N–H and O–H groups in total. The largest absolute Gasteiger partial charge is 0.317 e. The number of sulfonamides is 1. The quantitative estimate of drug-likeness (QED) is 0.872. The lowest BCUT2D eigenvalue weighted by Gasteiger charge is -2.23. The molecule has 0 aliphatic carbocycles. The van der Waals surface area contributed by atoms with Crippen LogP contribution in [0.25, 0.3) is 0 Å². The van der Waals surface area contributed by atoms with Crippen LogP contribution in [-0.2, 0) is 10.0 Å². The number of piperidine rings is 1. The van der Waals surface area contributed by atoms with Gasteiger partial charge >= 0.3 is 0 Å². The van der Waals surface area contributed by atoms with Gasteiger partial charge in [-0.2, -0.15) is 0 Å². The van der Waals surface area contributed by atoms with Crippen LogP contribution in [0.1, 0.15) is 18.4 Å². The minimum Gasteiger partial charge on any atom is -0.317 e. The summed E-state index contributed by atoms with van der Waals surface area (Å²) in [4.78, 5) is 0.117. The molecular weight excluding hydrogens is 343 g/mol. The Morgan fingerprint density at radius 1 is 1.20 bits per heavy atom. The molecule has 2 rings (SSSR count). The summed E-state index contributed by atoms with van der Waals surface area (Å²) < 4.78 is 27.2. The Labute approximate surface area is 135 Å². The van der Waals surface area contributed by atoms with Gasteiger partial charge in [0.25, 0.3) is 0 Å². The van der Waals surface area contributed by atoms with Crippen molar-refractivity contribution >= 4 is 45.6 Å². The lowest BCUT2D eigenvalue weighted by atomic mass is 10.1. The summed E-state index contributed by atoms with van der Waals surface area (Å²) >= 11 is 12.0. The maximum Gasteiger partial charge on any atom is 0.240 e. The zero-order chi connectivity index (χ0) is 14.0. The van der Waals surface area contributed by atoms with E-state index in [4.69, 9.17) is 23.2 Å². The molecule has 114 valence electrons. The van der Waals surface area contributed by atoms with E-state index in [0.717, 1.165) is 25.9 Å². The molecular formula is C12H17Cl3N2O2S. The van der Waals surface area contributed by atoms with Gasteiger partial charge in [0.2, 0.25) is 10.0 Å². The highest BCUT2D eigenvalue weighted by Gasteiger charge is 2.22. The Hall–Kier alpha value is -0.0400. The van der Waals surface area contributed by atoms with E-state index in [1.807, 2.05) is 0 Å². The Morgan fingerprint density at radius 2 is 1.70 bits per heavy atom. The van der Waals surface area contributed by atoms with Gasteiger partial charge in [-0.05, 0) is 50.6 Å². The summed E-state index contributed by atoms with van der Waals surface area (Å²) in [5, 5.41) is 3.91. The van der Waals surface area contributed by atoms with Gasteiger partial charge in [0.15, 0.2) is 0 Å². The highest BCUT2D eigenvalue weighted by Crippen LogP contribution is 2.28. The van der Waals surface area contributed by atoms with E-state index >= 15 is 0 Å². The second-order valence-corrected chi connectivity index (χ2v) is 7.19. The molecule has 1 saturated heterocycles. The Bertz CT molecular complexity index is 549. The van der Waals surface area contributed by atoms with Gasteiger partial charge in [0, 0.05) is 16.1 Å². The van der Waals surface area contributed by atoms with E-state index in [1.165, 1.54) is 12.1 Å². The van der Waals surface area contributed by atoms with Crippen LogP contribution < -0.4 is 10.0 Å². The van der Waals surface area contributed by atoms with Crippen LogP contribution >= 0.6 is 35.6 Å². The standard InChI is InChI=1S/C12H16Cl2N2O2S.ClH/c1-8-11(13)6-10(7-12(8)14)19(17,18)16-9-2-4-15-5-3-9;/h6-7,9,15-16H,2-5H2,1H3;1H. The first-order valence-corrected chi connectivity index (χ1v) is 8.33. The maximum absolute atomic E-state index is 12.3. The van der Waals surface area contributed by atoms with E-state index in [0.29, 0.717) is 15.6 Å². The molecule has 0 atom stereocenters. The van der Waals surface area contributed by atoms with Gasteiger partial charge in [-0.15, -0.1) is 12.4 Å². The highest BCUT2D eigenvalue weighted by molar-refractivity contribution is 7.89. The van der Waals surface area contributed by atoms with Crippen molar-refractivity contribution in [1.29, 1.82) is 0 Å². The van der Waals surface area contributed by atoms with Gasteiger partial charge in [-0.1, -0.05) is 23.2 Å². The molecule has 0 spiro atoms. The molecule has 0 saturated carbocycles. The average molecular weight is 360 g/mol. The summed E-state index contributed by atoms with van der Waals surface area (Å²) in [5.74, 6) is 0. The second-order valence-electron chi connectivity index (χ2n) is 4.66. The van der Waals surface area contributed by atoms with Gasteiger partial charge in [-0.3, -0.25) is 0 Å². The molecule has 1 aliphatic rings. The zero-order valence-electron chi connectivity index (χ0n) is 10.9. The summed E-state index contributed by atoms with van der Waals surface area (Å²) in [6.45, 7) is 3.40. The van der Waals surface area contributed by atoms with Crippen LogP contribution in [0.2, 0.25) is 10.0 Å². The van der Waals surface area contributed by atoms with E-state index in [1.54, 1.807) is 6.92 Å². The number of rotatable bonds is 3. The van der Waals surface area contributed by atoms with Gasteiger partial charge in [-0.25, -0.2) is 13.1 Å². The molecule has 1 heterocycles. The molecule has 8 heteroatoms. The number of hydrogen-bond acceptors (Lipinski definition) is 3. The fourth-order valence-electron chi connectivity index (χ4n) is 2.00. The number of benzene rings is 1. The van der Waals surface area contributed by atoms with Crippen LogP contribution in [0.4, 0.5) is 0 Å². The van der Waals surface area contributed by atoms with Crippen LogP contribution in [-0.4, -0.2) is 27.5 Å². The van der Waals surface area contributed by atoms with Crippen LogP contribution in [0.15, 0.2) is 17.0 Å². The lowest BCUT2D eigenvalue weighted by Crippen LogP contribution is -2.42. The topological polar surface area (TPSA) is 58.2 Å². The first kappa shape index (κ1) is 18.0. The fraction of sp³-hybridized carbons (Fsp3) is 0.500. The predicted molar refractivity (Wildman–Crippen MR) is 84.7 cm³/mol. The minimum absolute atomic E-state index is 0. The summed E-state index contributed by atoms with van der Waals surface area (Å²) in [7, 11) is -3.57. The van der Waals surface area contributed by atoms with Crippen molar-refractivity contribution in [2.24, 2.45) is 0 Å². The molecule has 0 bridgehead atoms. The Balaban J connectivity index is 0.00000200. The average Bonchev–Trinajstić information content (AvgIpc) is 2.36. The molecule has 1 aromatic carbocycles. The molecule has 1 aromatic rings. The monoisotopic (exact) mass is 358 g/mol. The summed E-state index contributed by atoms with van der Waals surface area (Å²) in [6, 6.07) is 2.84. The third-order valence-corrected chi connectivity index (χ3v) is 5.51. The van der Waals surface area contributed by atoms with Crippen molar-refractivity contribution in [2.45, 2.75) is 30.7 Å². The predicted octanol–water partition coefficient (Wildman–Crippen LogP) is 2.75. The fourth-order valence-corrected chi connectivity index (χ4v) is 3.98. The van der Waals surface area contributed by atoms with Crippen molar-refractivity contribution < 1.29 is 8.42 Å².